The highest BCUT2D eigenvalue weighted by molar-refractivity contribution is 5.99. The molecule has 0 saturated heterocycles. The molecule has 9 heteroatoms. The molecule has 0 aliphatic rings. The number of hydrogen-bond acceptors (Lipinski definition) is 5. The van der Waals surface area contributed by atoms with Crippen LogP contribution < -0.4 is 10.6 Å². The van der Waals surface area contributed by atoms with E-state index in [0.29, 0.717) is 0 Å². The van der Waals surface area contributed by atoms with Crippen LogP contribution in [0.25, 0.3) is 0 Å². The maximum Gasteiger partial charge on any atom is 0.338 e. The predicted molar refractivity (Wildman–Crippen MR) is 65.8 cm³/mol. The number of benzene rings is 1. The molecule has 0 bridgehead atoms. The summed E-state index contributed by atoms with van der Waals surface area (Å²) in [5.74, 6) is -2.34. The molecular formula is C11H8FN5O3. The van der Waals surface area contributed by atoms with Crippen LogP contribution in [0, 0.1) is 5.82 Å². The molecule has 8 nitrogen and oxygen atoms in total. The first kappa shape index (κ1) is 13.3. The number of carboxylic acids is 1. The van der Waals surface area contributed by atoms with Crippen molar-refractivity contribution < 1.29 is 19.1 Å². The number of hydrogen-bond donors (Lipinski definition) is 3. The number of urea groups is 1. The lowest BCUT2D eigenvalue weighted by molar-refractivity contribution is 0.0692. The van der Waals surface area contributed by atoms with Gasteiger partial charge in [0.05, 0.1) is 18.0 Å². The zero-order valence-corrected chi connectivity index (χ0v) is 9.87. The lowest BCUT2D eigenvalue weighted by atomic mass is 10.2. The average Bonchev–Trinajstić information content (AvgIpc) is 2.41. The molecule has 0 saturated carbocycles. The van der Waals surface area contributed by atoms with Crippen molar-refractivity contribution in [3.8, 4) is 0 Å². The van der Waals surface area contributed by atoms with Crippen LogP contribution in [0.2, 0.25) is 0 Å². The average molecular weight is 277 g/mol. The van der Waals surface area contributed by atoms with Gasteiger partial charge in [-0.3, -0.25) is 5.32 Å². The highest BCUT2D eigenvalue weighted by atomic mass is 19.1. The monoisotopic (exact) mass is 277 g/mol. The number of anilines is 2. The van der Waals surface area contributed by atoms with Gasteiger partial charge in [0.2, 0.25) is 0 Å². The Morgan fingerprint density at radius 3 is 2.65 bits per heavy atom. The summed E-state index contributed by atoms with van der Waals surface area (Å²) in [5.41, 5.74) is -0.425. The molecule has 2 amide bonds. The molecule has 0 atom stereocenters. The van der Waals surface area contributed by atoms with Crippen LogP contribution in [0.3, 0.4) is 0 Å². The third-order valence-corrected chi connectivity index (χ3v) is 2.16. The number of rotatable bonds is 3. The first-order valence-electron chi connectivity index (χ1n) is 5.31. The number of carbonyl (C=O) groups is 2. The zero-order valence-electron chi connectivity index (χ0n) is 9.87. The molecule has 0 spiro atoms. The first-order valence-corrected chi connectivity index (χ1v) is 5.31. The summed E-state index contributed by atoms with van der Waals surface area (Å²) >= 11 is 0. The van der Waals surface area contributed by atoms with Gasteiger partial charge in [0, 0.05) is 5.69 Å². The first-order chi connectivity index (χ1) is 9.56. The minimum absolute atomic E-state index is 0.0226. The fourth-order valence-corrected chi connectivity index (χ4v) is 1.34. The van der Waals surface area contributed by atoms with E-state index >= 15 is 0 Å². The van der Waals surface area contributed by atoms with E-state index < -0.39 is 23.4 Å². The molecule has 3 N–H and O–H groups in total. The fourth-order valence-electron chi connectivity index (χ4n) is 1.34. The van der Waals surface area contributed by atoms with E-state index in [1.807, 2.05) is 0 Å². The quantitative estimate of drug-likeness (QED) is 0.779. The van der Waals surface area contributed by atoms with Gasteiger partial charge < -0.3 is 10.4 Å². The summed E-state index contributed by atoms with van der Waals surface area (Å²) in [6, 6.07) is 2.47. The summed E-state index contributed by atoms with van der Waals surface area (Å²) in [6.07, 6.45) is 2.67. The molecule has 0 aliphatic carbocycles. The molecule has 2 rings (SSSR count). The van der Waals surface area contributed by atoms with E-state index in [-0.39, 0.29) is 11.6 Å². The molecule has 1 aromatic carbocycles. The molecular weight excluding hydrogens is 269 g/mol. The van der Waals surface area contributed by atoms with Gasteiger partial charge in [-0.2, -0.15) is 5.10 Å². The summed E-state index contributed by atoms with van der Waals surface area (Å²) < 4.78 is 13.2. The number of carboxylic acid groups (broad SMARTS) is 1. The summed E-state index contributed by atoms with van der Waals surface area (Å²) in [6.45, 7) is 0. The second-order valence-corrected chi connectivity index (χ2v) is 3.55. The number of halogens is 1. The third-order valence-electron chi connectivity index (χ3n) is 2.16. The number of nitrogens with one attached hydrogen (secondary N) is 2. The molecule has 0 radical (unpaired) electrons. The number of aromatic carboxylic acids is 1. The van der Waals surface area contributed by atoms with Gasteiger partial charge in [-0.25, -0.2) is 19.0 Å². The van der Waals surface area contributed by atoms with Crippen molar-refractivity contribution in [2.24, 2.45) is 0 Å². The van der Waals surface area contributed by atoms with Crippen LogP contribution in [-0.4, -0.2) is 32.3 Å². The van der Waals surface area contributed by atoms with Crippen LogP contribution in [0.15, 0.2) is 30.6 Å². The Bertz CT molecular complexity index is 650. The Hall–Kier alpha value is -3.10. The number of nitrogens with zero attached hydrogens (tertiary/aromatic N) is 3. The summed E-state index contributed by atoms with van der Waals surface area (Å²) in [7, 11) is 0. The smallest absolute Gasteiger partial charge is 0.338 e. The summed E-state index contributed by atoms with van der Waals surface area (Å²) in [4.78, 5) is 26.1. The number of aromatic nitrogens is 3. The van der Waals surface area contributed by atoms with Crippen LogP contribution in [-0.2, 0) is 0 Å². The van der Waals surface area contributed by atoms with Crippen molar-refractivity contribution in [3.63, 3.8) is 0 Å². The second-order valence-electron chi connectivity index (χ2n) is 3.55. The lowest BCUT2D eigenvalue weighted by Gasteiger charge is -2.07. The van der Waals surface area contributed by atoms with Crippen LogP contribution in [0.4, 0.5) is 20.8 Å². The fraction of sp³-hybridized carbons (Fsp3) is 0. The van der Waals surface area contributed by atoms with Crippen molar-refractivity contribution >= 4 is 23.6 Å². The Morgan fingerprint density at radius 1 is 1.20 bits per heavy atom. The summed E-state index contributed by atoms with van der Waals surface area (Å²) in [5, 5.41) is 20.4. The second kappa shape index (κ2) is 5.69. The molecule has 2 aromatic rings. The lowest BCUT2D eigenvalue weighted by Crippen LogP contribution is -2.21. The van der Waals surface area contributed by atoms with Gasteiger partial charge in [0.1, 0.15) is 5.82 Å². The maximum absolute atomic E-state index is 13.2. The largest absolute Gasteiger partial charge is 0.478 e. The van der Waals surface area contributed by atoms with Crippen molar-refractivity contribution in [3.05, 3.63) is 42.0 Å². The molecule has 0 unspecified atom stereocenters. The highest BCUT2D eigenvalue weighted by Gasteiger charge is 2.12. The van der Waals surface area contributed by atoms with Gasteiger partial charge in [0.25, 0.3) is 5.95 Å². The minimum Gasteiger partial charge on any atom is -0.478 e. The van der Waals surface area contributed by atoms with Crippen molar-refractivity contribution in [2.45, 2.75) is 0 Å². The van der Waals surface area contributed by atoms with Gasteiger partial charge in [-0.1, -0.05) is 0 Å². The van der Waals surface area contributed by atoms with Crippen LogP contribution >= 0.6 is 0 Å². The predicted octanol–water partition coefficient (Wildman–Crippen LogP) is 1.35. The van der Waals surface area contributed by atoms with E-state index in [1.54, 1.807) is 0 Å². The SMILES string of the molecule is O=C(Nc1ccc(F)c(C(=O)O)c1)Nc1nccnn1. The third kappa shape index (κ3) is 3.22. The van der Waals surface area contributed by atoms with Gasteiger partial charge in [-0.15, -0.1) is 5.10 Å². The Kier molecular flexibility index (Phi) is 3.80. The number of carbonyl (C=O) groups excluding carboxylic acids is 1. The zero-order chi connectivity index (χ0) is 14.5. The molecule has 0 fully saturated rings. The van der Waals surface area contributed by atoms with Crippen molar-refractivity contribution in [2.75, 3.05) is 10.6 Å². The van der Waals surface area contributed by atoms with E-state index in [4.69, 9.17) is 5.11 Å². The standard InChI is InChI=1S/C11H8FN5O3/c12-8-2-1-6(5-7(8)9(18)19)15-11(20)16-10-13-3-4-14-17-10/h1-5H,(H,18,19)(H2,13,15,16,17,20). The topological polar surface area (TPSA) is 117 Å². The van der Waals surface area contributed by atoms with Gasteiger partial charge in [0.15, 0.2) is 0 Å². The molecule has 1 aromatic heterocycles. The van der Waals surface area contributed by atoms with Crippen LogP contribution in [0.5, 0.6) is 0 Å². The number of amides is 2. The molecule has 0 aliphatic heterocycles. The Morgan fingerprint density at radius 2 is 2.00 bits per heavy atom. The van der Waals surface area contributed by atoms with E-state index in [1.165, 1.54) is 18.5 Å². The van der Waals surface area contributed by atoms with Gasteiger partial charge in [-0.05, 0) is 18.2 Å². The minimum atomic E-state index is -1.43. The maximum atomic E-state index is 13.2. The molecule has 102 valence electrons. The van der Waals surface area contributed by atoms with E-state index in [9.17, 15) is 14.0 Å². The normalized spacial score (nSPS) is 9.85. The van der Waals surface area contributed by atoms with Gasteiger partial charge >= 0.3 is 12.0 Å². The van der Waals surface area contributed by atoms with Crippen LogP contribution in [0.1, 0.15) is 10.4 Å². The molecule has 20 heavy (non-hydrogen) atoms. The highest BCUT2D eigenvalue weighted by Crippen LogP contribution is 2.15. The Labute approximate surface area is 111 Å². The Balaban J connectivity index is 2.08. The van der Waals surface area contributed by atoms with Crippen molar-refractivity contribution in [1.82, 2.24) is 15.2 Å². The van der Waals surface area contributed by atoms with E-state index in [2.05, 4.69) is 25.8 Å². The van der Waals surface area contributed by atoms with Crippen molar-refractivity contribution in [1.29, 1.82) is 0 Å². The van der Waals surface area contributed by atoms with E-state index in [0.717, 1.165) is 12.1 Å². The molecule has 1 heterocycles.